The molecular weight excluding hydrogens is 365 g/mol. The first-order valence-corrected chi connectivity index (χ1v) is 9.63. The van der Waals surface area contributed by atoms with Crippen molar-refractivity contribution in [2.75, 3.05) is 17.3 Å². The van der Waals surface area contributed by atoms with Gasteiger partial charge in [-0.05, 0) is 29.9 Å². The Morgan fingerprint density at radius 1 is 1.41 bits per heavy atom. The van der Waals surface area contributed by atoms with E-state index in [2.05, 4.69) is 5.32 Å². The highest BCUT2D eigenvalue weighted by Gasteiger charge is 2.43. The van der Waals surface area contributed by atoms with E-state index in [-0.39, 0.29) is 11.7 Å². The average molecular weight is 380 g/mol. The number of aliphatic carboxylic acids is 1. The summed E-state index contributed by atoms with van der Waals surface area (Å²) < 4.78 is 0. The van der Waals surface area contributed by atoms with Crippen LogP contribution in [0.1, 0.15) is 12.0 Å². The number of hydrogen-bond donors (Lipinski definition) is 2. The molecule has 0 aromatic heterocycles. The van der Waals surface area contributed by atoms with Crippen LogP contribution in [0.5, 0.6) is 0 Å². The van der Waals surface area contributed by atoms with Crippen LogP contribution in [0.15, 0.2) is 18.2 Å². The SMILES string of the molecule is O=C(CSCc1ccc(Cl)cc1Cl)NC1(C(=O)O)CCSC1. The Morgan fingerprint density at radius 2 is 2.18 bits per heavy atom. The second kappa shape index (κ2) is 7.81. The van der Waals surface area contributed by atoms with Gasteiger partial charge in [0.15, 0.2) is 0 Å². The number of carboxylic acids is 1. The number of thioether (sulfide) groups is 2. The normalized spacial score (nSPS) is 20.8. The minimum Gasteiger partial charge on any atom is -0.479 e. The highest BCUT2D eigenvalue weighted by atomic mass is 35.5. The first kappa shape index (κ1) is 17.8. The standard InChI is InChI=1S/C14H15Cl2NO3S2/c15-10-2-1-9(11(16)5-10)6-22-7-12(18)17-14(13(19)20)3-4-21-8-14/h1-2,5H,3-4,6-8H2,(H,17,18)(H,19,20). The number of halogens is 2. The van der Waals surface area contributed by atoms with Crippen LogP contribution < -0.4 is 5.32 Å². The Hall–Kier alpha value is -0.560. The van der Waals surface area contributed by atoms with Gasteiger partial charge in [0, 0.05) is 21.6 Å². The molecule has 2 N–H and O–H groups in total. The quantitative estimate of drug-likeness (QED) is 0.793. The van der Waals surface area contributed by atoms with Gasteiger partial charge in [0.25, 0.3) is 0 Å². The molecule has 1 amide bonds. The summed E-state index contributed by atoms with van der Waals surface area (Å²) in [5.74, 6) is 0.704. The van der Waals surface area contributed by atoms with Gasteiger partial charge in [-0.25, -0.2) is 4.79 Å². The molecule has 0 bridgehead atoms. The summed E-state index contributed by atoms with van der Waals surface area (Å²) in [5.41, 5.74) is -0.214. The Morgan fingerprint density at radius 3 is 2.77 bits per heavy atom. The number of nitrogens with one attached hydrogen (secondary N) is 1. The second-order valence-electron chi connectivity index (χ2n) is 4.97. The average Bonchev–Trinajstić information content (AvgIpc) is 2.91. The number of carbonyl (C=O) groups is 2. The molecule has 1 aliphatic rings. The largest absolute Gasteiger partial charge is 0.479 e. The Labute approximate surface area is 147 Å². The predicted molar refractivity (Wildman–Crippen MR) is 93.1 cm³/mol. The van der Waals surface area contributed by atoms with Crippen molar-refractivity contribution in [2.24, 2.45) is 0 Å². The van der Waals surface area contributed by atoms with E-state index in [0.29, 0.717) is 28.0 Å². The molecule has 0 saturated carbocycles. The van der Waals surface area contributed by atoms with Gasteiger partial charge >= 0.3 is 5.97 Å². The van der Waals surface area contributed by atoms with Crippen molar-refractivity contribution in [3.8, 4) is 0 Å². The lowest BCUT2D eigenvalue weighted by molar-refractivity contribution is -0.146. The zero-order valence-electron chi connectivity index (χ0n) is 11.6. The first-order chi connectivity index (χ1) is 10.4. The van der Waals surface area contributed by atoms with Gasteiger partial charge in [0.1, 0.15) is 5.54 Å². The van der Waals surface area contributed by atoms with Crippen LogP contribution in [-0.2, 0) is 15.3 Å². The molecule has 0 aliphatic carbocycles. The predicted octanol–water partition coefficient (Wildman–Crippen LogP) is 3.30. The number of benzene rings is 1. The molecule has 8 heteroatoms. The third kappa shape index (κ3) is 4.47. The highest BCUT2D eigenvalue weighted by Crippen LogP contribution is 2.29. The van der Waals surface area contributed by atoms with Crippen molar-refractivity contribution in [3.63, 3.8) is 0 Å². The maximum Gasteiger partial charge on any atom is 0.330 e. The van der Waals surface area contributed by atoms with Gasteiger partial charge in [0.2, 0.25) is 5.91 Å². The summed E-state index contributed by atoms with van der Waals surface area (Å²) in [6.07, 6.45) is 0.465. The second-order valence-corrected chi connectivity index (χ2v) is 7.90. The van der Waals surface area contributed by atoms with E-state index in [1.807, 2.05) is 6.07 Å². The van der Waals surface area contributed by atoms with E-state index in [1.54, 1.807) is 23.9 Å². The molecule has 120 valence electrons. The van der Waals surface area contributed by atoms with E-state index >= 15 is 0 Å². The van der Waals surface area contributed by atoms with Crippen LogP contribution in [0.25, 0.3) is 0 Å². The van der Waals surface area contributed by atoms with Crippen LogP contribution in [0, 0.1) is 0 Å². The van der Waals surface area contributed by atoms with E-state index in [0.717, 1.165) is 11.3 Å². The number of hydrogen-bond acceptors (Lipinski definition) is 4. The fourth-order valence-electron chi connectivity index (χ4n) is 2.08. The topological polar surface area (TPSA) is 66.4 Å². The minimum absolute atomic E-state index is 0.193. The van der Waals surface area contributed by atoms with E-state index < -0.39 is 11.5 Å². The van der Waals surface area contributed by atoms with Gasteiger partial charge < -0.3 is 10.4 Å². The molecule has 1 fully saturated rings. The maximum atomic E-state index is 12.0. The molecule has 1 saturated heterocycles. The van der Waals surface area contributed by atoms with Gasteiger partial charge in [-0.1, -0.05) is 29.3 Å². The van der Waals surface area contributed by atoms with Crippen LogP contribution in [0.3, 0.4) is 0 Å². The van der Waals surface area contributed by atoms with Crippen molar-refractivity contribution in [1.29, 1.82) is 0 Å². The zero-order chi connectivity index (χ0) is 16.2. The number of carbonyl (C=O) groups excluding carboxylic acids is 1. The molecular formula is C14H15Cl2NO3S2. The molecule has 1 aromatic carbocycles. The van der Waals surface area contributed by atoms with Gasteiger partial charge in [-0.2, -0.15) is 11.8 Å². The summed E-state index contributed by atoms with van der Waals surface area (Å²) >= 11 is 14.8. The third-order valence-electron chi connectivity index (χ3n) is 3.32. The van der Waals surface area contributed by atoms with Gasteiger partial charge in [-0.15, -0.1) is 11.8 Å². The van der Waals surface area contributed by atoms with Crippen molar-refractivity contribution >= 4 is 58.6 Å². The van der Waals surface area contributed by atoms with E-state index in [1.165, 1.54) is 11.8 Å². The summed E-state index contributed by atoms with van der Waals surface area (Å²) in [5, 5.41) is 13.1. The lowest BCUT2D eigenvalue weighted by Gasteiger charge is -2.24. The smallest absolute Gasteiger partial charge is 0.330 e. The number of carboxylic acid groups (broad SMARTS) is 1. The molecule has 4 nitrogen and oxygen atoms in total. The molecule has 1 aromatic rings. The van der Waals surface area contributed by atoms with Crippen molar-refractivity contribution in [1.82, 2.24) is 5.32 Å². The molecule has 1 aliphatic heterocycles. The molecule has 1 heterocycles. The van der Waals surface area contributed by atoms with E-state index in [9.17, 15) is 14.7 Å². The summed E-state index contributed by atoms with van der Waals surface area (Å²) in [7, 11) is 0. The highest BCUT2D eigenvalue weighted by molar-refractivity contribution is 7.99. The van der Waals surface area contributed by atoms with Crippen molar-refractivity contribution in [3.05, 3.63) is 33.8 Å². The first-order valence-electron chi connectivity index (χ1n) is 6.57. The Balaban J connectivity index is 1.84. The third-order valence-corrected chi connectivity index (χ3v) is 6.07. The molecule has 2 rings (SSSR count). The number of rotatable bonds is 6. The Bertz CT molecular complexity index is 577. The monoisotopic (exact) mass is 379 g/mol. The molecule has 1 unspecified atom stereocenters. The molecule has 22 heavy (non-hydrogen) atoms. The zero-order valence-corrected chi connectivity index (χ0v) is 14.7. The van der Waals surface area contributed by atoms with Crippen LogP contribution >= 0.6 is 46.7 Å². The van der Waals surface area contributed by atoms with Gasteiger partial charge in [-0.3, -0.25) is 4.79 Å². The number of amides is 1. The van der Waals surface area contributed by atoms with Crippen molar-refractivity contribution in [2.45, 2.75) is 17.7 Å². The van der Waals surface area contributed by atoms with E-state index in [4.69, 9.17) is 23.2 Å². The summed E-state index contributed by atoms with van der Waals surface area (Å²) in [6.45, 7) is 0. The molecule has 0 radical (unpaired) electrons. The van der Waals surface area contributed by atoms with Crippen LogP contribution in [0.2, 0.25) is 10.0 Å². The lowest BCUT2D eigenvalue weighted by Crippen LogP contribution is -2.55. The van der Waals surface area contributed by atoms with Crippen LogP contribution in [0.4, 0.5) is 0 Å². The Kier molecular flexibility index (Phi) is 6.32. The van der Waals surface area contributed by atoms with Crippen LogP contribution in [-0.4, -0.2) is 39.8 Å². The molecule has 0 spiro atoms. The molecule has 1 atom stereocenters. The summed E-state index contributed by atoms with van der Waals surface area (Å²) in [6, 6.07) is 5.23. The summed E-state index contributed by atoms with van der Waals surface area (Å²) in [4.78, 5) is 23.3. The fourth-order valence-corrected chi connectivity index (χ4v) is 4.79. The van der Waals surface area contributed by atoms with Crippen molar-refractivity contribution < 1.29 is 14.7 Å². The lowest BCUT2D eigenvalue weighted by atomic mass is 9.99. The minimum atomic E-state index is -1.11. The van der Waals surface area contributed by atoms with Gasteiger partial charge in [0.05, 0.1) is 5.75 Å². The maximum absolute atomic E-state index is 12.0. The fraction of sp³-hybridized carbons (Fsp3) is 0.429.